The second-order valence-corrected chi connectivity index (χ2v) is 6.48. The lowest BCUT2D eigenvalue weighted by Gasteiger charge is -2.19. The molecule has 1 aromatic carbocycles. The van der Waals surface area contributed by atoms with Crippen molar-refractivity contribution in [1.29, 1.82) is 0 Å². The minimum absolute atomic E-state index is 0.524. The van der Waals surface area contributed by atoms with Gasteiger partial charge in [-0.2, -0.15) is 0 Å². The number of rotatable bonds is 2. The van der Waals surface area contributed by atoms with Crippen molar-refractivity contribution in [2.75, 3.05) is 18.0 Å². The van der Waals surface area contributed by atoms with E-state index in [0.717, 1.165) is 42.1 Å². The van der Waals surface area contributed by atoms with E-state index in [1.807, 2.05) is 36.4 Å². The van der Waals surface area contributed by atoms with Crippen molar-refractivity contribution in [3.63, 3.8) is 0 Å². The lowest BCUT2D eigenvalue weighted by atomic mass is 10.0. The number of hydrogen-bond acceptors (Lipinski definition) is 3. The van der Waals surface area contributed by atoms with Gasteiger partial charge in [0.25, 0.3) is 0 Å². The molecule has 0 N–H and O–H groups in total. The van der Waals surface area contributed by atoms with Crippen LogP contribution in [-0.2, 0) is 0 Å². The van der Waals surface area contributed by atoms with Crippen molar-refractivity contribution in [3.05, 3.63) is 41.6 Å². The second kappa shape index (κ2) is 5.30. The van der Waals surface area contributed by atoms with Crippen LogP contribution in [0.5, 0.6) is 0 Å². The molecule has 3 nitrogen and oxygen atoms in total. The van der Waals surface area contributed by atoms with Gasteiger partial charge >= 0.3 is 0 Å². The van der Waals surface area contributed by atoms with Crippen molar-refractivity contribution < 1.29 is 0 Å². The minimum Gasteiger partial charge on any atom is -0.356 e. The molecule has 2 heterocycles. The molecule has 0 radical (unpaired) electrons. The highest BCUT2D eigenvalue weighted by Gasteiger charge is 2.36. The fraction of sp³-hybridized carbons (Fsp3) is 0.412. The molecule has 21 heavy (non-hydrogen) atoms. The van der Waals surface area contributed by atoms with Gasteiger partial charge in [0, 0.05) is 24.7 Å². The maximum Gasteiger partial charge on any atom is 0.163 e. The predicted molar refractivity (Wildman–Crippen MR) is 85.5 cm³/mol. The fourth-order valence-electron chi connectivity index (χ4n) is 3.71. The molecule has 0 spiro atoms. The highest BCUT2D eigenvalue weighted by molar-refractivity contribution is 6.29. The summed E-state index contributed by atoms with van der Waals surface area (Å²) in [5.41, 5.74) is 1.01. The first-order valence-corrected chi connectivity index (χ1v) is 8.02. The second-order valence-electron chi connectivity index (χ2n) is 6.09. The van der Waals surface area contributed by atoms with Gasteiger partial charge in [0.05, 0.1) is 0 Å². The van der Waals surface area contributed by atoms with Gasteiger partial charge in [-0.3, -0.25) is 0 Å². The Morgan fingerprint density at radius 3 is 2.43 bits per heavy atom. The number of benzene rings is 1. The molecule has 2 aliphatic rings. The van der Waals surface area contributed by atoms with Crippen LogP contribution < -0.4 is 4.90 Å². The molecule has 4 rings (SSSR count). The average molecular weight is 300 g/mol. The van der Waals surface area contributed by atoms with Crippen LogP contribution in [0.15, 0.2) is 36.4 Å². The quantitative estimate of drug-likeness (QED) is 0.784. The highest BCUT2D eigenvalue weighted by Crippen LogP contribution is 2.39. The maximum atomic E-state index is 6.22. The maximum absolute atomic E-state index is 6.22. The topological polar surface area (TPSA) is 29.0 Å². The Bertz CT molecular complexity index is 632. The zero-order valence-corrected chi connectivity index (χ0v) is 12.6. The molecule has 2 aromatic rings. The molecule has 0 bridgehead atoms. The summed E-state index contributed by atoms with van der Waals surface area (Å²) in [5.74, 6) is 3.39. The van der Waals surface area contributed by atoms with Crippen LogP contribution in [0.4, 0.5) is 5.82 Å². The number of anilines is 1. The summed E-state index contributed by atoms with van der Waals surface area (Å²) in [4.78, 5) is 11.5. The lowest BCUT2D eigenvalue weighted by Crippen LogP contribution is -2.22. The Morgan fingerprint density at radius 1 is 1.00 bits per heavy atom. The number of halogens is 1. The Kier molecular flexibility index (Phi) is 3.30. The molecule has 1 aliphatic carbocycles. The largest absolute Gasteiger partial charge is 0.356 e. The molecule has 4 heteroatoms. The smallest absolute Gasteiger partial charge is 0.163 e. The summed E-state index contributed by atoms with van der Waals surface area (Å²) in [7, 11) is 0. The van der Waals surface area contributed by atoms with Crippen LogP contribution >= 0.6 is 11.6 Å². The van der Waals surface area contributed by atoms with Crippen molar-refractivity contribution in [1.82, 2.24) is 9.97 Å². The van der Waals surface area contributed by atoms with E-state index in [1.165, 1.54) is 19.3 Å². The number of aromatic nitrogens is 2. The van der Waals surface area contributed by atoms with Gasteiger partial charge in [0.1, 0.15) is 11.0 Å². The summed E-state index contributed by atoms with van der Waals surface area (Å²) in [6.45, 7) is 2.23. The van der Waals surface area contributed by atoms with Gasteiger partial charge in [-0.05, 0) is 24.7 Å². The van der Waals surface area contributed by atoms with E-state index in [2.05, 4.69) is 9.88 Å². The van der Waals surface area contributed by atoms with Crippen molar-refractivity contribution >= 4 is 17.4 Å². The first-order valence-electron chi connectivity index (χ1n) is 7.64. The van der Waals surface area contributed by atoms with E-state index >= 15 is 0 Å². The van der Waals surface area contributed by atoms with Crippen LogP contribution in [0, 0.1) is 11.8 Å². The standard InChI is InChI=1S/C17H18ClN3/c18-15-9-16(21-10-13-7-4-8-14(13)11-21)20-17(19-15)12-5-2-1-3-6-12/h1-3,5-6,9,13-14H,4,7-8,10-11H2. The normalized spacial score (nSPS) is 24.3. The molecule has 2 unspecified atom stereocenters. The van der Waals surface area contributed by atoms with E-state index in [0.29, 0.717) is 5.15 Å². The third kappa shape index (κ3) is 2.51. The van der Waals surface area contributed by atoms with E-state index < -0.39 is 0 Å². The zero-order valence-electron chi connectivity index (χ0n) is 11.9. The van der Waals surface area contributed by atoms with Crippen molar-refractivity contribution in [2.24, 2.45) is 11.8 Å². The summed E-state index contributed by atoms with van der Waals surface area (Å²) in [6, 6.07) is 11.9. The van der Waals surface area contributed by atoms with Gasteiger partial charge in [-0.15, -0.1) is 0 Å². The van der Waals surface area contributed by atoms with Crippen LogP contribution in [0.3, 0.4) is 0 Å². The van der Waals surface area contributed by atoms with Crippen LogP contribution in [0.2, 0.25) is 5.15 Å². The van der Waals surface area contributed by atoms with Gasteiger partial charge in [-0.1, -0.05) is 48.4 Å². The first kappa shape index (κ1) is 13.1. The van der Waals surface area contributed by atoms with Crippen LogP contribution in [0.25, 0.3) is 11.4 Å². The average Bonchev–Trinajstić information content (AvgIpc) is 3.09. The number of hydrogen-bond donors (Lipinski definition) is 0. The molecule has 2 atom stereocenters. The summed E-state index contributed by atoms with van der Waals surface area (Å²) in [5, 5.41) is 0.524. The molecule has 1 aliphatic heterocycles. The molecule has 1 saturated heterocycles. The molecule has 1 saturated carbocycles. The number of nitrogens with zero attached hydrogens (tertiary/aromatic N) is 3. The predicted octanol–water partition coefficient (Wildman–Crippen LogP) is 4.03. The third-order valence-electron chi connectivity index (χ3n) is 4.76. The molecule has 1 aromatic heterocycles. The van der Waals surface area contributed by atoms with Gasteiger partial charge in [0.15, 0.2) is 5.82 Å². The first-order chi connectivity index (χ1) is 10.3. The Hall–Kier alpha value is -1.61. The lowest BCUT2D eigenvalue weighted by molar-refractivity contribution is 0.494. The fourth-order valence-corrected chi connectivity index (χ4v) is 3.88. The van der Waals surface area contributed by atoms with E-state index in [9.17, 15) is 0 Å². The van der Waals surface area contributed by atoms with Crippen molar-refractivity contribution in [3.8, 4) is 11.4 Å². The minimum atomic E-state index is 0.524. The summed E-state index contributed by atoms with van der Waals surface area (Å²) >= 11 is 6.22. The molecule has 108 valence electrons. The SMILES string of the molecule is Clc1cc(N2CC3CCCC3C2)nc(-c2ccccc2)n1. The van der Waals surface area contributed by atoms with Gasteiger partial charge in [-0.25, -0.2) is 9.97 Å². The van der Waals surface area contributed by atoms with Crippen LogP contribution in [0.1, 0.15) is 19.3 Å². The van der Waals surface area contributed by atoms with Crippen LogP contribution in [-0.4, -0.2) is 23.1 Å². The molecular weight excluding hydrogens is 282 g/mol. The van der Waals surface area contributed by atoms with Gasteiger partial charge < -0.3 is 4.90 Å². The molecule has 2 fully saturated rings. The van der Waals surface area contributed by atoms with Gasteiger partial charge in [0.2, 0.25) is 0 Å². The summed E-state index contributed by atoms with van der Waals surface area (Å²) < 4.78 is 0. The molecular formula is C17H18ClN3. The Balaban J connectivity index is 1.66. The zero-order chi connectivity index (χ0) is 14.2. The molecule has 0 amide bonds. The Labute approximate surface area is 130 Å². The third-order valence-corrected chi connectivity index (χ3v) is 4.96. The van der Waals surface area contributed by atoms with E-state index in [4.69, 9.17) is 16.6 Å². The summed E-state index contributed by atoms with van der Waals surface area (Å²) in [6.07, 6.45) is 4.13. The number of fused-ring (bicyclic) bond motifs is 1. The van der Waals surface area contributed by atoms with E-state index in [-0.39, 0.29) is 0 Å². The monoisotopic (exact) mass is 299 g/mol. The van der Waals surface area contributed by atoms with E-state index in [1.54, 1.807) is 0 Å². The van der Waals surface area contributed by atoms with Crippen molar-refractivity contribution in [2.45, 2.75) is 19.3 Å². The Morgan fingerprint density at radius 2 is 1.71 bits per heavy atom. The highest BCUT2D eigenvalue weighted by atomic mass is 35.5.